The molecule has 2 N–H and O–H groups in total. The maximum Gasteiger partial charge on any atom is 0.313 e. The van der Waals surface area contributed by atoms with Gasteiger partial charge in [-0.2, -0.15) is 11.8 Å². The number of ether oxygens (including phenoxy) is 1. The maximum atomic E-state index is 11.9. The van der Waals surface area contributed by atoms with Crippen LogP contribution >= 0.6 is 11.8 Å². The summed E-state index contributed by atoms with van der Waals surface area (Å²) in [5, 5.41) is 5.24. The highest BCUT2D eigenvalue weighted by molar-refractivity contribution is 7.99. The highest BCUT2D eigenvalue weighted by Crippen LogP contribution is 2.29. The van der Waals surface area contributed by atoms with Crippen LogP contribution in [0.2, 0.25) is 0 Å². The van der Waals surface area contributed by atoms with Gasteiger partial charge in [-0.25, -0.2) is 0 Å². The van der Waals surface area contributed by atoms with Gasteiger partial charge in [0.15, 0.2) is 0 Å². The minimum atomic E-state index is -0.655. The van der Waals surface area contributed by atoms with Crippen molar-refractivity contribution < 1.29 is 14.3 Å². The van der Waals surface area contributed by atoms with Gasteiger partial charge < -0.3 is 15.4 Å². The summed E-state index contributed by atoms with van der Waals surface area (Å²) in [5.74, 6) is 0.742. The van der Waals surface area contributed by atoms with Crippen LogP contribution in [0.3, 0.4) is 0 Å². The van der Waals surface area contributed by atoms with Crippen molar-refractivity contribution in [2.45, 2.75) is 18.4 Å². The van der Waals surface area contributed by atoms with Gasteiger partial charge in [0.25, 0.3) is 0 Å². The smallest absolute Gasteiger partial charge is 0.313 e. The summed E-state index contributed by atoms with van der Waals surface area (Å²) in [7, 11) is 1.66. The van der Waals surface area contributed by atoms with Gasteiger partial charge in [0.2, 0.25) is 0 Å². The molecule has 0 aromatic heterocycles. The Bertz CT molecular complexity index is 487. The SMILES string of the molecule is COC1(CNC(=O)C(=O)Nc2ccccc2)CCSCC1. The number of amides is 2. The number of hydrogen-bond donors (Lipinski definition) is 2. The summed E-state index contributed by atoms with van der Waals surface area (Å²) in [6.07, 6.45) is 1.77. The van der Waals surface area contributed by atoms with Crippen molar-refractivity contribution in [1.82, 2.24) is 5.32 Å². The number of benzene rings is 1. The van der Waals surface area contributed by atoms with Crippen LogP contribution in [-0.2, 0) is 14.3 Å². The average molecular weight is 308 g/mol. The van der Waals surface area contributed by atoms with E-state index in [1.165, 1.54) is 0 Å². The van der Waals surface area contributed by atoms with Crippen LogP contribution in [0.4, 0.5) is 5.69 Å². The van der Waals surface area contributed by atoms with Crippen molar-refractivity contribution in [2.75, 3.05) is 30.5 Å². The van der Waals surface area contributed by atoms with Crippen LogP contribution in [0.25, 0.3) is 0 Å². The van der Waals surface area contributed by atoms with Gasteiger partial charge in [0, 0.05) is 19.3 Å². The molecule has 1 heterocycles. The number of carbonyl (C=O) groups is 2. The van der Waals surface area contributed by atoms with Gasteiger partial charge >= 0.3 is 11.8 Å². The predicted octanol–water partition coefficient (Wildman–Crippen LogP) is 1.65. The first kappa shape index (κ1) is 15.9. The lowest BCUT2D eigenvalue weighted by Crippen LogP contribution is -2.49. The van der Waals surface area contributed by atoms with Crippen LogP contribution in [0, 0.1) is 0 Å². The molecule has 1 aromatic carbocycles. The van der Waals surface area contributed by atoms with Crippen molar-refractivity contribution in [3.63, 3.8) is 0 Å². The van der Waals surface area contributed by atoms with Crippen molar-refractivity contribution in [1.29, 1.82) is 0 Å². The summed E-state index contributed by atoms with van der Waals surface area (Å²) in [6.45, 7) is 0.366. The largest absolute Gasteiger partial charge is 0.376 e. The molecular formula is C15H20N2O3S. The summed E-state index contributed by atoms with van der Waals surface area (Å²) < 4.78 is 5.57. The van der Waals surface area contributed by atoms with Crippen molar-refractivity contribution in [3.8, 4) is 0 Å². The number of carbonyl (C=O) groups excluding carboxylic acids is 2. The highest BCUT2D eigenvalue weighted by Gasteiger charge is 2.33. The number of hydrogen-bond acceptors (Lipinski definition) is 4. The van der Waals surface area contributed by atoms with E-state index in [1.54, 1.807) is 31.4 Å². The molecule has 2 rings (SSSR count). The van der Waals surface area contributed by atoms with Crippen molar-refractivity contribution in [3.05, 3.63) is 30.3 Å². The molecule has 0 unspecified atom stereocenters. The first-order valence-electron chi connectivity index (χ1n) is 6.92. The molecule has 1 saturated heterocycles. The molecule has 0 radical (unpaired) electrons. The Morgan fingerprint density at radius 1 is 1.19 bits per heavy atom. The van der Waals surface area contributed by atoms with Gasteiger partial charge in [-0.1, -0.05) is 18.2 Å². The minimum Gasteiger partial charge on any atom is -0.376 e. The van der Waals surface area contributed by atoms with Crippen LogP contribution in [-0.4, -0.2) is 42.6 Å². The molecule has 1 aromatic rings. The van der Waals surface area contributed by atoms with Gasteiger partial charge in [-0.3, -0.25) is 9.59 Å². The number of anilines is 1. The van der Waals surface area contributed by atoms with E-state index in [0.717, 1.165) is 24.3 Å². The first-order chi connectivity index (χ1) is 10.2. The van der Waals surface area contributed by atoms with E-state index >= 15 is 0 Å². The third-order valence-electron chi connectivity index (χ3n) is 3.65. The lowest BCUT2D eigenvalue weighted by molar-refractivity contribution is -0.137. The Kier molecular flexibility index (Phi) is 5.64. The Balaban J connectivity index is 1.84. The molecule has 6 heteroatoms. The van der Waals surface area contributed by atoms with Crippen LogP contribution < -0.4 is 10.6 Å². The molecule has 0 spiro atoms. The molecule has 1 fully saturated rings. The molecule has 2 amide bonds. The number of thioether (sulfide) groups is 1. The Labute approximate surface area is 128 Å². The van der Waals surface area contributed by atoms with Crippen LogP contribution in [0.5, 0.6) is 0 Å². The predicted molar refractivity (Wildman–Crippen MR) is 84.4 cm³/mol. The lowest BCUT2D eigenvalue weighted by atomic mass is 9.96. The zero-order valence-electron chi connectivity index (χ0n) is 12.1. The van der Waals surface area contributed by atoms with Gasteiger partial charge in [-0.15, -0.1) is 0 Å². The fourth-order valence-corrected chi connectivity index (χ4v) is 3.46. The summed E-state index contributed by atoms with van der Waals surface area (Å²) >= 11 is 1.88. The molecule has 21 heavy (non-hydrogen) atoms. The van der Waals surface area contributed by atoms with E-state index in [-0.39, 0.29) is 5.60 Å². The third-order valence-corrected chi connectivity index (χ3v) is 4.63. The maximum absolute atomic E-state index is 11.9. The molecule has 0 saturated carbocycles. The van der Waals surface area contributed by atoms with Crippen molar-refractivity contribution >= 4 is 29.3 Å². The molecule has 5 nitrogen and oxygen atoms in total. The Morgan fingerprint density at radius 3 is 2.48 bits per heavy atom. The monoisotopic (exact) mass is 308 g/mol. The van der Waals surface area contributed by atoms with Crippen LogP contribution in [0.15, 0.2) is 30.3 Å². The average Bonchev–Trinajstić information content (AvgIpc) is 2.54. The van der Waals surface area contributed by atoms with Gasteiger partial charge in [-0.05, 0) is 36.5 Å². The zero-order valence-corrected chi connectivity index (χ0v) is 12.9. The number of para-hydroxylation sites is 1. The number of nitrogens with one attached hydrogen (secondary N) is 2. The Hall–Kier alpha value is -1.53. The molecule has 1 aliphatic heterocycles. The highest BCUT2D eigenvalue weighted by atomic mass is 32.2. The summed E-state index contributed by atoms with van der Waals surface area (Å²) in [6, 6.07) is 8.92. The standard InChI is InChI=1S/C15H20N2O3S/c1-20-15(7-9-21-10-8-15)11-16-13(18)14(19)17-12-5-3-2-4-6-12/h2-6H,7-11H2,1H3,(H,16,18)(H,17,19). The van der Waals surface area contributed by atoms with Crippen molar-refractivity contribution in [2.24, 2.45) is 0 Å². The second kappa shape index (κ2) is 7.47. The molecule has 0 bridgehead atoms. The molecule has 114 valence electrons. The summed E-state index contributed by atoms with van der Waals surface area (Å²) in [4.78, 5) is 23.7. The van der Waals surface area contributed by atoms with E-state index < -0.39 is 11.8 Å². The van der Waals surface area contributed by atoms with Gasteiger partial charge in [0.05, 0.1) is 5.60 Å². The molecular weight excluding hydrogens is 288 g/mol. The lowest BCUT2D eigenvalue weighted by Gasteiger charge is -2.35. The number of methoxy groups -OCH3 is 1. The fraction of sp³-hybridized carbons (Fsp3) is 0.467. The quantitative estimate of drug-likeness (QED) is 0.830. The second-order valence-electron chi connectivity index (χ2n) is 5.00. The number of rotatable bonds is 4. The molecule has 0 aliphatic carbocycles. The first-order valence-corrected chi connectivity index (χ1v) is 8.08. The Morgan fingerprint density at radius 2 is 1.86 bits per heavy atom. The normalized spacial score (nSPS) is 17.0. The fourth-order valence-electron chi connectivity index (χ4n) is 2.23. The third kappa shape index (κ3) is 4.47. The van der Waals surface area contributed by atoms with E-state index in [2.05, 4.69) is 10.6 Å². The molecule has 0 atom stereocenters. The van der Waals surface area contributed by atoms with Gasteiger partial charge in [0.1, 0.15) is 0 Å². The van der Waals surface area contributed by atoms with E-state index in [1.807, 2.05) is 17.8 Å². The van der Waals surface area contributed by atoms with Crippen LogP contribution in [0.1, 0.15) is 12.8 Å². The molecule has 1 aliphatic rings. The van der Waals surface area contributed by atoms with E-state index in [0.29, 0.717) is 12.2 Å². The zero-order chi connectivity index (χ0) is 15.1. The summed E-state index contributed by atoms with van der Waals surface area (Å²) in [5.41, 5.74) is 0.265. The minimum absolute atomic E-state index is 0.339. The van der Waals surface area contributed by atoms with E-state index in [9.17, 15) is 9.59 Å². The van der Waals surface area contributed by atoms with E-state index in [4.69, 9.17) is 4.74 Å². The topological polar surface area (TPSA) is 67.4 Å². The second-order valence-corrected chi connectivity index (χ2v) is 6.23.